The second-order valence-electron chi connectivity index (χ2n) is 6.00. The van der Waals surface area contributed by atoms with Crippen molar-refractivity contribution in [3.8, 4) is 0 Å². The van der Waals surface area contributed by atoms with Crippen LogP contribution in [0.15, 0.2) is 0 Å². The minimum Gasteiger partial charge on any atom is -0.344 e. The van der Waals surface area contributed by atoms with E-state index in [0.29, 0.717) is 0 Å². The van der Waals surface area contributed by atoms with Crippen molar-refractivity contribution in [2.45, 2.75) is 19.6 Å². The third-order valence-electron chi connectivity index (χ3n) is 4.85. The summed E-state index contributed by atoms with van der Waals surface area (Å²) in [6.07, 6.45) is 0. The van der Waals surface area contributed by atoms with Crippen molar-refractivity contribution in [2.75, 3.05) is 42.3 Å². The van der Waals surface area contributed by atoms with E-state index >= 15 is 0 Å². The van der Waals surface area contributed by atoms with Crippen molar-refractivity contribution >= 4 is 27.4 Å². The van der Waals surface area contributed by atoms with E-state index in [0.717, 1.165) is 0 Å². The van der Waals surface area contributed by atoms with Gasteiger partial charge in [-0.3, -0.25) is 0 Å². The van der Waals surface area contributed by atoms with E-state index in [4.69, 9.17) is 0 Å². The van der Waals surface area contributed by atoms with Crippen LogP contribution in [0.25, 0.3) is 0 Å². The Morgan fingerprint density at radius 3 is 0.733 bits per heavy atom. The van der Waals surface area contributed by atoms with Crippen LogP contribution in [0.2, 0.25) is 19.6 Å². The predicted octanol–water partition coefficient (Wildman–Crippen LogP) is 0.583. The Balaban J connectivity index is 3.24. The van der Waals surface area contributed by atoms with Crippen LogP contribution < -0.4 is 0 Å². The molecule has 0 unspecified atom stereocenters. The zero-order valence-electron chi connectivity index (χ0n) is 11.8. The van der Waals surface area contributed by atoms with Gasteiger partial charge in [0.25, 0.3) is 0 Å². The van der Waals surface area contributed by atoms with Gasteiger partial charge >= 0.3 is 27.4 Å². The number of rotatable bonds is 0. The lowest BCUT2D eigenvalue weighted by Gasteiger charge is -2.55. The molecule has 0 N–H and O–H groups in total. The van der Waals surface area contributed by atoms with Gasteiger partial charge in [-0.2, -0.15) is 0 Å². The van der Waals surface area contributed by atoms with Crippen molar-refractivity contribution in [3.05, 3.63) is 0 Å². The highest BCUT2D eigenvalue weighted by Crippen LogP contribution is 2.30. The number of nitrogens with zero attached hydrogens (tertiary/aromatic N) is 3. The first-order valence-corrected chi connectivity index (χ1v) is 11.2. The topological polar surface area (TPSA) is 0 Å². The molecule has 1 aliphatic rings. The van der Waals surface area contributed by atoms with Gasteiger partial charge in [-0.15, -0.1) is 0 Å². The van der Waals surface area contributed by atoms with E-state index in [1.54, 1.807) is 0 Å². The molecule has 1 saturated heterocycles. The Kier molecular flexibility index (Phi) is 3.18. The predicted molar refractivity (Wildman–Crippen MR) is 71.2 cm³/mol. The van der Waals surface area contributed by atoms with Gasteiger partial charge in [-0.05, 0) is 0 Å². The second kappa shape index (κ2) is 3.51. The lowest BCUT2D eigenvalue weighted by atomic mass is 11.2. The number of hydrogen-bond acceptors (Lipinski definition) is 0. The summed E-state index contributed by atoms with van der Waals surface area (Å²) in [5, 5.41) is 0. The van der Waals surface area contributed by atoms with Gasteiger partial charge in [0, 0.05) is 61.9 Å². The first-order chi connectivity index (χ1) is 6.46. The van der Waals surface area contributed by atoms with Gasteiger partial charge in [-0.1, -0.05) is 0 Å². The maximum atomic E-state index is 2.53. The van der Waals surface area contributed by atoms with Gasteiger partial charge in [-0.25, -0.2) is 0 Å². The fraction of sp³-hybridized carbons (Fsp3) is 1.00. The van der Waals surface area contributed by atoms with Gasteiger partial charge in [0.15, 0.2) is 0 Å². The molecule has 0 amide bonds. The zero-order chi connectivity index (χ0) is 12.2. The lowest BCUT2D eigenvalue weighted by Crippen LogP contribution is -2.90. The molecule has 0 bridgehead atoms. The molecule has 1 fully saturated rings. The minimum atomic E-state index is -0.363. The fourth-order valence-electron chi connectivity index (χ4n) is 2.58. The summed E-state index contributed by atoms with van der Waals surface area (Å²) in [5.41, 5.74) is 0. The Hall–Kier alpha value is 0.531. The Labute approximate surface area is 101 Å². The van der Waals surface area contributed by atoms with Crippen LogP contribution in [0.1, 0.15) is 0 Å². The van der Waals surface area contributed by atoms with Crippen molar-refractivity contribution in [2.24, 2.45) is 0 Å². The summed E-state index contributed by atoms with van der Waals surface area (Å²) in [5.74, 6) is 0. The van der Waals surface area contributed by atoms with E-state index in [1.807, 2.05) is 0 Å². The Morgan fingerprint density at radius 1 is 0.467 bits per heavy atom. The van der Waals surface area contributed by atoms with Crippen LogP contribution in [0.3, 0.4) is 0 Å². The van der Waals surface area contributed by atoms with Gasteiger partial charge in [0.05, 0.1) is 0 Å². The highest BCUT2D eigenvalue weighted by molar-refractivity contribution is 6.69. The standard InChI is InChI=1S/C9H27N3Si3/c1-10(2)13(7)11(3,4)15(9)12(5,6)14(10)8/h1-9H3/q+3. The molecule has 15 heavy (non-hydrogen) atoms. The summed E-state index contributed by atoms with van der Waals surface area (Å²) in [6.45, 7) is 7.60. The molecule has 1 rings (SSSR count). The summed E-state index contributed by atoms with van der Waals surface area (Å²) in [6, 6.07) is 0. The van der Waals surface area contributed by atoms with E-state index in [-0.39, 0.29) is 27.4 Å². The van der Waals surface area contributed by atoms with Crippen LogP contribution in [0.5, 0.6) is 0 Å². The number of quaternary nitrogens is 3. The SMILES string of the molecule is C[Si]1[N+](C)(C)[Si](C)[N+](C)(C)[Si](C)[N+]1(C)C. The Bertz CT molecular complexity index is 205. The molecular formula is C9H27N3Si3+3. The van der Waals surface area contributed by atoms with Crippen LogP contribution in [0, 0.1) is 0 Å². The largest absolute Gasteiger partial charge is 0.602 e. The maximum absolute atomic E-state index is 2.53. The van der Waals surface area contributed by atoms with Gasteiger partial charge < -0.3 is 11.4 Å². The molecule has 0 saturated carbocycles. The van der Waals surface area contributed by atoms with Crippen molar-refractivity contribution < 1.29 is 11.4 Å². The first-order valence-electron chi connectivity index (χ1n) is 5.52. The van der Waals surface area contributed by atoms with Crippen LogP contribution in [-0.2, 0) is 0 Å². The monoisotopic (exact) mass is 261 g/mol. The molecule has 3 radical (unpaired) electrons. The third kappa shape index (κ3) is 1.71. The summed E-state index contributed by atoms with van der Waals surface area (Å²) >= 11 is 0. The average Bonchev–Trinajstić information content (AvgIpc) is 2.12. The van der Waals surface area contributed by atoms with Crippen molar-refractivity contribution in [1.82, 2.24) is 0 Å². The second-order valence-corrected chi connectivity index (χ2v) is 17.3. The molecule has 0 aliphatic carbocycles. The Morgan fingerprint density at radius 2 is 0.600 bits per heavy atom. The molecule has 0 aromatic heterocycles. The van der Waals surface area contributed by atoms with Crippen LogP contribution >= 0.6 is 0 Å². The average molecular weight is 262 g/mol. The number of hydrogen-bond donors (Lipinski definition) is 0. The quantitative estimate of drug-likeness (QED) is 0.560. The van der Waals surface area contributed by atoms with Gasteiger partial charge in [0.2, 0.25) is 0 Å². The molecule has 87 valence electrons. The molecule has 0 spiro atoms. The zero-order valence-corrected chi connectivity index (χ0v) is 14.8. The molecule has 0 aromatic rings. The molecule has 0 aromatic carbocycles. The normalized spacial score (nSPS) is 31.8. The van der Waals surface area contributed by atoms with Crippen LogP contribution in [-0.4, -0.2) is 81.1 Å². The molecule has 1 heterocycles. The molecule has 1 aliphatic heterocycles. The lowest BCUT2D eigenvalue weighted by molar-refractivity contribution is -0.910. The third-order valence-corrected chi connectivity index (χ3v) is 20.4. The van der Waals surface area contributed by atoms with Crippen LogP contribution in [0.4, 0.5) is 0 Å². The molecular weight excluding hydrogens is 234 g/mol. The van der Waals surface area contributed by atoms with E-state index in [1.165, 1.54) is 11.4 Å². The van der Waals surface area contributed by atoms with Crippen molar-refractivity contribution in [3.63, 3.8) is 0 Å². The summed E-state index contributed by atoms with van der Waals surface area (Å²) < 4.78 is 3.95. The highest BCUT2D eigenvalue weighted by atomic mass is 28.4. The van der Waals surface area contributed by atoms with E-state index in [2.05, 4.69) is 61.9 Å². The minimum absolute atomic E-state index is 0.363. The maximum Gasteiger partial charge on any atom is 0.602 e. The summed E-state index contributed by atoms with van der Waals surface area (Å²) in [7, 11) is 13.7. The fourth-order valence-corrected chi connectivity index (χ4v) is 17.3. The molecule has 3 nitrogen and oxygen atoms in total. The van der Waals surface area contributed by atoms with Crippen molar-refractivity contribution in [1.29, 1.82) is 0 Å². The highest BCUT2D eigenvalue weighted by Gasteiger charge is 2.72. The van der Waals surface area contributed by atoms with Gasteiger partial charge in [0.1, 0.15) is 0 Å². The molecule has 0 atom stereocenters. The van der Waals surface area contributed by atoms with E-state index in [9.17, 15) is 0 Å². The molecule has 6 heteroatoms. The smallest absolute Gasteiger partial charge is 0.344 e. The first kappa shape index (κ1) is 13.6. The van der Waals surface area contributed by atoms with E-state index < -0.39 is 0 Å². The summed E-state index contributed by atoms with van der Waals surface area (Å²) in [4.78, 5) is 0.